The molecule has 11 rings (SSSR count). The van der Waals surface area contributed by atoms with Crippen molar-refractivity contribution in [2.24, 2.45) is 0 Å². The highest BCUT2D eigenvalue weighted by Crippen LogP contribution is 2.39. The second-order valence-corrected chi connectivity index (χ2v) is 13.6. The van der Waals surface area contributed by atoms with E-state index >= 15 is 0 Å². The lowest BCUT2D eigenvalue weighted by molar-refractivity contribution is 0.668. The van der Waals surface area contributed by atoms with Gasteiger partial charge >= 0.3 is 0 Å². The second-order valence-electron chi connectivity index (χ2n) is 13.6. The van der Waals surface area contributed by atoms with Crippen LogP contribution in [0.5, 0.6) is 0 Å². The Balaban J connectivity index is 1.12. The van der Waals surface area contributed by atoms with Crippen LogP contribution in [0, 0.1) is 0 Å². The second kappa shape index (κ2) is 11.7. The Morgan fingerprint density at radius 3 is 1.49 bits per heavy atom. The molecule has 0 saturated heterocycles. The highest BCUT2D eigenvalue weighted by molar-refractivity contribution is 6.07. The lowest BCUT2D eigenvalue weighted by atomic mass is 9.92. The normalized spacial score (nSPS) is 11.8. The average molecular weight is 679 g/mol. The van der Waals surface area contributed by atoms with Crippen LogP contribution in [0.25, 0.3) is 105 Å². The van der Waals surface area contributed by atoms with Gasteiger partial charge in [-0.25, -0.2) is 4.98 Å². The zero-order chi connectivity index (χ0) is 34.9. The molecule has 3 heterocycles. The Kier molecular flexibility index (Phi) is 6.52. The van der Waals surface area contributed by atoms with E-state index in [0.717, 1.165) is 105 Å². The number of aromatic nitrogens is 2. The molecule has 0 bridgehead atoms. The molecular formula is C49H30N2O2. The van der Waals surface area contributed by atoms with Gasteiger partial charge in [-0.2, -0.15) is 0 Å². The molecule has 8 aromatic carbocycles. The summed E-state index contributed by atoms with van der Waals surface area (Å²) in [5.74, 6) is 0.916. The van der Waals surface area contributed by atoms with Crippen LogP contribution in [0.4, 0.5) is 0 Å². The van der Waals surface area contributed by atoms with Gasteiger partial charge in [0.2, 0.25) is 0 Å². The minimum absolute atomic E-state index is 0.887. The van der Waals surface area contributed by atoms with Crippen molar-refractivity contribution in [1.29, 1.82) is 0 Å². The van der Waals surface area contributed by atoms with E-state index in [1.807, 2.05) is 36.4 Å². The Morgan fingerprint density at radius 2 is 0.849 bits per heavy atom. The van der Waals surface area contributed by atoms with Crippen molar-refractivity contribution in [3.8, 4) is 50.5 Å². The van der Waals surface area contributed by atoms with Crippen molar-refractivity contribution >= 4 is 54.9 Å². The van der Waals surface area contributed by atoms with E-state index in [4.69, 9.17) is 13.8 Å². The maximum absolute atomic E-state index is 6.20. The number of furan rings is 2. The molecule has 53 heavy (non-hydrogen) atoms. The maximum Gasteiger partial charge on any atom is 0.145 e. The predicted molar refractivity (Wildman–Crippen MR) is 217 cm³/mol. The third-order valence-electron chi connectivity index (χ3n) is 10.4. The summed E-state index contributed by atoms with van der Waals surface area (Å²) in [6.07, 6.45) is 0. The molecule has 0 spiro atoms. The molecule has 0 aliphatic carbocycles. The molecule has 0 unspecified atom stereocenters. The van der Waals surface area contributed by atoms with Crippen molar-refractivity contribution in [1.82, 2.24) is 9.55 Å². The molecule has 11 aromatic rings. The fourth-order valence-corrected chi connectivity index (χ4v) is 7.83. The van der Waals surface area contributed by atoms with Crippen molar-refractivity contribution < 1.29 is 8.83 Å². The number of para-hydroxylation sites is 4. The predicted octanol–water partition coefficient (Wildman–Crippen LogP) is 13.5. The van der Waals surface area contributed by atoms with Gasteiger partial charge in [0.1, 0.15) is 28.2 Å². The molecule has 0 aliphatic rings. The third-order valence-corrected chi connectivity index (χ3v) is 10.4. The fraction of sp³-hybridized carbons (Fsp3) is 0. The van der Waals surface area contributed by atoms with Crippen LogP contribution >= 0.6 is 0 Å². The third kappa shape index (κ3) is 4.88. The lowest BCUT2D eigenvalue weighted by Gasteiger charge is -2.14. The number of benzene rings is 8. The summed E-state index contributed by atoms with van der Waals surface area (Å²) < 4.78 is 14.7. The van der Waals surface area contributed by atoms with Gasteiger partial charge in [-0.05, 0) is 112 Å². The van der Waals surface area contributed by atoms with Gasteiger partial charge in [0.05, 0.1) is 11.0 Å². The first kappa shape index (κ1) is 29.5. The number of rotatable bonds is 5. The zero-order valence-corrected chi connectivity index (χ0v) is 28.5. The molecule has 0 saturated carbocycles. The molecule has 0 aliphatic heterocycles. The summed E-state index contributed by atoms with van der Waals surface area (Å²) in [7, 11) is 0. The van der Waals surface area contributed by atoms with Crippen molar-refractivity contribution in [2.45, 2.75) is 0 Å². The molecule has 0 N–H and O–H groups in total. The molecule has 0 fully saturated rings. The fourth-order valence-electron chi connectivity index (χ4n) is 7.83. The SMILES string of the molecule is c1ccc(-c2nc3ccccc3n2-c2cccc(-c3cc(-c4ccc5oc6ccccc6c5c4)cc(-c4ccc5oc6ccccc6c5c4)c3)c2)cc1. The van der Waals surface area contributed by atoms with E-state index < -0.39 is 0 Å². The first-order valence-corrected chi connectivity index (χ1v) is 17.9. The summed E-state index contributed by atoms with van der Waals surface area (Å²) in [5, 5.41) is 4.46. The van der Waals surface area contributed by atoms with E-state index in [1.54, 1.807) is 0 Å². The number of hydrogen-bond acceptors (Lipinski definition) is 3. The molecule has 248 valence electrons. The minimum atomic E-state index is 0.887. The van der Waals surface area contributed by atoms with Crippen LogP contribution < -0.4 is 0 Å². The number of fused-ring (bicyclic) bond motifs is 7. The molecule has 0 amide bonds. The Hall–Kier alpha value is -7.17. The summed E-state index contributed by atoms with van der Waals surface area (Å²) >= 11 is 0. The Bertz CT molecular complexity index is 3050. The highest BCUT2D eigenvalue weighted by Gasteiger charge is 2.17. The van der Waals surface area contributed by atoms with Crippen LogP contribution in [-0.4, -0.2) is 9.55 Å². The van der Waals surface area contributed by atoms with Gasteiger partial charge in [0.15, 0.2) is 0 Å². The summed E-state index contributed by atoms with van der Waals surface area (Å²) in [4.78, 5) is 5.10. The van der Waals surface area contributed by atoms with Crippen LogP contribution in [0.15, 0.2) is 191 Å². The van der Waals surface area contributed by atoms with E-state index in [-0.39, 0.29) is 0 Å². The van der Waals surface area contributed by atoms with Gasteiger partial charge in [-0.1, -0.05) is 103 Å². The molecule has 3 aromatic heterocycles. The standard InChI is InChI=1S/C49H30N2O2/c1-2-11-31(12-3-1)49-50-43-17-6-7-18-44(43)51(49)38-14-10-13-32(28-38)35-25-36(33-21-23-47-41(29-33)39-15-4-8-19-45(39)52-47)27-37(26-35)34-22-24-48-42(30-34)40-16-5-9-20-46(40)53-48/h1-30H. The van der Waals surface area contributed by atoms with Gasteiger partial charge in [0, 0.05) is 32.8 Å². The van der Waals surface area contributed by atoms with Gasteiger partial charge < -0.3 is 8.83 Å². The van der Waals surface area contributed by atoms with Crippen molar-refractivity contribution in [2.75, 3.05) is 0 Å². The van der Waals surface area contributed by atoms with E-state index in [1.165, 1.54) is 0 Å². The Labute approximate surface area is 304 Å². The molecule has 4 heteroatoms. The van der Waals surface area contributed by atoms with Crippen LogP contribution in [0.2, 0.25) is 0 Å². The van der Waals surface area contributed by atoms with Crippen LogP contribution in [-0.2, 0) is 0 Å². The van der Waals surface area contributed by atoms with E-state index in [0.29, 0.717) is 0 Å². The molecule has 0 atom stereocenters. The van der Waals surface area contributed by atoms with Gasteiger partial charge in [-0.3, -0.25) is 4.57 Å². The summed E-state index contributed by atoms with van der Waals surface area (Å²) in [6.45, 7) is 0. The molecular weight excluding hydrogens is 649 g/mol. The monoisotopic (exact) mass is 678 g/mol. The first-order valence-electron chi connectivity index (χ1n) is 17.9. The van der Waals surface area contributed by atoms with Crippen LogP contribution in [0.3, 0.4) is 0 Å². The lowest BCUT2D eigenvalue weighted by Crippen LogP contribution is -1.98. The highest BCUT2D eigenvalue weighted by atomic mass is 16.3. The first-order chi connectivity index (χ1) is 26.2. The quantitative estimate of drug-likeness (QED) is 0.182. The van der Waals surface area contributed by atoms with Gasteiger partial charge in [0.25, 0.3) is 0 Å². The largest absolute Gasteiger partial charge is 0.456 e. The topological polar surface area (TPSA) is 44.1 Å². The molecule has 4 nitrogen and oxygen atoms in total. The zero-order valence-electron chi connectivity index (χ0n) is 28.5. The Morgan fingerprint density at radius 1 is 0.340 bits per heavy atom. The van der Waals surface area contributed by atoms with E-state index in [9.17, 15) is 0 Å². The van der Waals surface area contributed by atoms with Crippen molar-refractivity contribution in [3.05, 3.63) is 182 Å². The smallest absolute Gasteiger partial charge is 0.145 e. The van der Waals surface area contributed by atoms with Gasteiger partial charge in [-0.15, -0.1) is 0 Å². The molecule has 0 radical (unpaired) electrons. The summed E-state index contributed by atoms with van der Waals surface area (Å²) in [6, 6.07) is 64.0. The summed E-state index contributed by atoms with van der Waals surface area (Å²) in [5.41, 5.74) is 14.5. The van der Waals surface area contributed by atoms with E-state index in [2.05, 4.69) is 150 Å². The van der Waals surface area contributed by atoms with Crippen molar-refractivity contribution in [3.63, 3.8) is 0 Å². The van der Waals surface area contributed by atoms with Crippen LogP contribution in [0.1, 0.15) is 0 Å². The maximum atomic E-state index is 6.20. The average Bonchev–Trinajstić information content (AvgIpc) is 3.92. The number of hydrogen-bond donors (Lipinski definition) is 0. The number of imidazole rings is 1. The minimum Gasteiger partial charge on any atom is -0.456 e. The number of nitrogens with zero attached hydrogens (tertiary/aromatic N) is 2.